The van der Waals surface area contributed by atoms with Crippen LogP contribution < -0.4 is 10.1 Å². The highest BCUT2D eigenvalue weighted by molar-refractivity contribution is 5.95. The molecule has 0 aliphatic carbocycles. The Bertz CT molecular complexity index is 623. The Labute approximate surface area is 131 Å². The van der Waals surface area contributed by atoms with Crippen molar-refractivity contribution in [3.63, 3.8) is 0 Å². The number of benzene rings is 2. The molecule has 0 radical (unpaired) electrons. The van der Waals surface area contributed by atoms with Crippen molar-refractivity contribution in [3.05, 3.63) is 65.7 Å². The third kappa shape index (κ3) is 4.09. The zero-order valence-corrected chi connectivity index (χ0v) is 13.1. The lowest BCUT2D eigenvalue weighted by Gasteiger charge is -2.27. The molecular formula is C18H21NO3. The van der Waals surface area contributed by atoms with E-state index < -0.39 is 5.54 Å². The molecule has 0 unspecified atom stereocenters. The number of carbonyl (C=O) groups excluding carboxylic acids is 1. The zero-order valence-electron chi connectivity index (χ0n) is 13.1. The summed E-state index contributed by atoms with van der Waals surface area (Å²) in [5, 5.41) is 3.05. The SMILES string of the molecule is COCOc1cccc(C(=O)NC(C)(C)c2ccccc2)c1. The van der Waals surface area contributed by atoms with Gasteiger partial charge in [-0.3, -0.25) is 4.79 Å². The van der Waals surface area contributed by atoms with Crippen LogP contribution in [-0.4, -0.2) is 19.8 Å². The minimum absolute atomic E-state index is 0.142. The first-order chi connectivity index (χ1) is 10.5. The second-order valence-electron chi connectivity index (χ2n) is 5.52. The Kier molecular flexibility index (Phi) is 5.17. The summed E-state index contributed by atoms with van der Waals surface area (Å²) in [6, 6.07) is 16.9. The van der Waals surface area contributed by atoms with E-state index in [2.05, 4.69) is 5.32 Å². The van der Waals surface area contributed by atoms with E-state index in [0.717, 1.165) is 5.56 Å². The molecule has 0 aliphatic rings. The highest BCUT2D eigenvalue weighted by Gasteiger charge is 2.23. The summed E-state index contributed by atoms with van der Waals surface area (Å²) in [4.78, 5) is 12.5. The van der Waals surface area contributed by atoms with Crippen LogP contribution in [0, 0.1) is 0 Å². The summed E-state index contributed by atoms with van der Waals surface area (Å²) < 4.78 is 10.2. The van der Waals surface area contributed by atoms with Gasteiger partial charge in [-0.25, -0.2) is 0 Å². The largest absolute Gasteiger partial charge is 0.468 e. The van der Waals surface area contributed by atoms with E-state index in [1.807, 2.05) is 44.2 Å². The number of ether oxygens (including phenoxy) is 2. The predicted octanol–water partition coefficient (Wildman–Crippen LogP) is 3.33. The van der Waals surface area contributed by atoms with E-state index in [4.69, 9.17) is 9.47 Å². The first kappa shape index (κ1) is 16.0. The highest BCUT2D eigenvalue weighted by atomic mass is 16.7. The van der Waals surface area contributed by atoms with Crippen LogP contribution in [0.1, 0.15) is 29.8 Å². The van der Waals surface area contributed by atoms with E-state index in [-0.39, 0.29) is 12.7 Å². The van der Waals surface area contributed by atoms with Gasteiger partial charge in [0.1, 0.15) is 5.75 Å². The van der Waals surface area contributed by atoms with Crippen molar-refractivity contribution < 1.29 is 14.3 Å². The third-order valence-corrected chi connectivity index (χ3v) is 3.36. The van der Waals surface area contributed by atoms with E-state index >= 15 is 0 Å². The minimum Gasteiger partial charge on any atom is -0.468 e. The van der Waals surface area contributed by atoms with Crippen LogP contribution in [0.3, 0.4) is 0 Å². The fourth-order valence-electron chi connectivity index (χ4n) is 2.14. The van der Waals surface area contributed by atoms with E-state index in [1.165, 1.54) is 0 Å². The molecule has 4 heteroatoms. The molecule has 0 aromatic heterocycles. The van der Waals surface area contributed by atoms with Gasteiger partial charge in [-0.15, -0.1) is 0 Å². The van der Waals surface area contributed by atoms with Crippen LogP contribution >= 0.6 is 0 Å². The molecule has 0 atom stereocenters. The molecule has 0 heterocycles. The Balaban J connectivity index is 2.12. The lowest BCUT2D eigenvalue weighted by atomic mass is 9.94. The van der Waals surface area contributed by atoms with Crippen molar-refractivity contribution in [2.24, 2.45) is 0 Å². The summed E-state index contributed by atoms with van der Waals surface area (Å²) in [5.74, 6) is 0.462. The topological polar surface area (TPSA) is 47.6 Å². The highest BCUT2D eigenvalue weighted by Crippen LogP contribution is 2.21. The van der Waals surface area contributed by atoms with Crippen LogP contribution in [0.5, 0.6) is 5.75 Å². The van der Waals surface area contributed by atoms with E-state index in [1.54, 1.807) is 31.4 Å². The third-order valence-electron chi connectivity index (χ3n) is 3.36. The molecule has 1 amide bonds. The Morgan fingerprint density at radius 3 is 2.50 bits per heavy atom. The summed E-state index contributed by atoms with van der Waals surface area (Å²) in [7, 11) is 1.55. The molecule has 0 spiro atoms. The fourth-order valence-corrected chi connectivity index (χ4v) is 2.14. The maximum Gasteiger partial charge on any atom is 0.252 e. The molecule has 0 saturated carbocycles. The van der Waals surface area contributed by atoms with Gasteiger partial charge in [0, 0.05) is 12.7 Å². The van der Waals surface area contributed by atoms with Gasteiger partial charge in [0.15, 0.2) is 6.79 Å². The summed E-state index contributed by atoms with van der Waals surface area (Å²) >= 11 is 0. The minimum atomic E-state index is -0.457. The number of hydrogen-bond donors (Lipinski definition) is 1. The van der Waals surface area contributed by atoms with E-state index in [9.17, 15) is 4.79 Å². The first-order valence-corrected chi connectivity index (χ1v) is 7.13. The average molecular weight is 299 g/mol. The molecule has 2 aromatic carbocycles. The van der Waals surface area contributed by atoms with Crippen molar-refractivity contribution in [2.75, 3.05) is 13.9 Å². The smallest absolute Gasteiger partial charge is 0.252 e. The molecule has 0 bridgehead atoms. The van der Waals surface area contributed by atoms with Crippen molar-refractivity contribution in [1.29, 1.82) is 0 Å². The van der Waals surface area contributed by atoms with Crippen LogP contribution in [0.15, 0.2) is 54.6 Å². The maximum atomic E-state index is 12.5. The fraction of sp³-hybridized carbons (Fsp3) is 0.278. The number of rotatable bonds is 6. The van der Waals surface area contributed by atoms with Crippen molar-refractivity contribution in [1.82, 2.24) is 5.32 Å². The molecule has 0 fully saturated rings. The zero-order chi connectivity index (χ0) is 16.0. The summed E-state index contributed by atoms with van der Waals surface area (Å²) in [6.07, 6.45) is 0. The Hall–Kier alpha value is -2.33. The normalized spacial score (nSPS) is 11.0. The molecule has 116 valence electrons. The molecule has 2 aromatic rings. The first-order valence-electron chi connectivity index (χ1n) is 7.13. The molecule has 0 aliphatic heterocycles. The predicted molar refractivity (Wildman–Crippen MR) is 85.9 cm³/mol. The molecule has 0 saturated heterocycles. The molecule has 1 N–H and O–H groups in total. The second-order valence-corrected chi connectivity index (χ2v) is 5.52. The van der Waals surface area contributed by atoms with Crippen molar-refractivity contribution in [2.45, 2.75) is 19.4 Å². The monoisotopic (exact) mass is 299 g/mol. The van der Waals surface area contributed by atoms with Crippen molar-refractivity contribution >= 4 is 5.91 Å². The lowest BCUT2D eigenvalue weighted by Crippen LogP contribution is -2.40. The van der Waals surface area contributed by atoms with Crippen LogP contribution in [0.4, 0.5) is 0 Å². The Morgan fingerprint density at radius 1 is 1.09 bits per heavy atom. The van der Waals surface area contributed by atoms with Gasteiger partial charge in [-0.05, 0) is 37.6 Å². The van der Waals surface area contributed by atoms with Gasteiger partial charge in [0.05, 0.1) is 5.54 Å². The van der Waals surface area contributed by atoms with E-state index in [0.29, 0.717) is 11.3 Å². The molecule has 4 nitrogen and oxygen atoms in total. The number of amides is 1. The van der Waals surface area contributed by atoms with Crippen molar-refractivity contribution in [3.8, 4) is 5.75 Å². The van der Waals surface area contributed by atoms with Gasteiger partial charge in [-0.2, -0.15) is 0 Å². The summed E-state index contributed by atoms with van der Waals surface area (Å²) in [5.41, 5.74) is 1.15. The van der Waals surface area contributed by atoms with Gasteiger partial charge < -0.3 is 14.8 Å². The van der Waals surface area contributed by atoms with Crippen LogP contribution in [0.2, 0.25) is 0 Å². The van der Waals surface area contributed by atoms with Crippen LogP contribution in [0.25, 0.3) is 0 Å². The van der Waals surface area contributed by atoms with Crippen LogP contribution in [-0.2, 0) is 10.3 Å². The maximum absolute atomic E-state index is 12.5. The quantitative estimate of drug-likeness (QED) is 0.832. The average Bonchev–Trinajstić information content (AvgIpc) is 2.53. The number of carbonyl (C=O) groups is 1. The molecule has 2 rings (SSSR count). The molecular weight excluding hydrogens is 278 g/mol. The standard InChI is InChI=1S/C18H21NO3/c1-18(2,15-9-5-4-6-10-15)19-17(20)14-8-7-11-16(12-14)22-13-21-3/h4-12H,13H2,1-3H3,(H,19,20). The van der Waals surface area contributed by atoms with Gasteiger partial charge in [-0.1, -0.05) is 36.4 Å². The number of nitrogens with one attached hydrogen (secondary N) is 1. The number of methoxy groups -OCH3 is 1. The van der Waals surface area contributed by atoms with Gasteiger partial charge >= 0.3 is 0 Å². The molecule has 22 heavy (non-hydrogen) atoms. The second kappa shape index (κ2) is 7.09. The van der Waals surface area contributed by atoms with Gasteiger partial charge in [0.25, 0.3) is 5.91 Å². The number of hydrogen-bond acceptors (Lipinski definition) is 3. The van der Waals surface area contributed by atoms with Gasteiger partial charge in [0.2, 0.25) is 0 Å². The Morgan fingerprint density at radius 2 is 1.82 bits per heavy atom. The lowest BCUT2D eigenvalue weighted by molar-refractivity contribution is 0.0510. The summed E-state index contributed by atoms with van der Waals surface area (Å²) in [6.45, 7) is 4.11.